The molecule has 0 fully saturated rings. The number of nitrogens with zero attached hydrogens (tertiary/aromatic N) is 2. The van der Waals surface area contributed by atoms with Gasteiger partial charge >= 0.3 is 5.97 Å². The largest absolute Gasteiger partial charge is 0.481 e. The van der Waals surface area contributed by atoms with Crippen LogP contribution in [0.1, 0.15) is 11.2 Å². The lowest BCUT2D eigenvalue weighted by Gasteiger charge is -2.02. The molecule has 1 aliphatic heterocycles. The van der Waals surface area contributed by atoms with Gasteiger partial charge in [-0.05, 0) is 12.1 Å². The number of rotatable bonds is 2. The third kappa shape index (κ3) is 1.52. The second-order valence-electron chi connectivity index (χ2n) is 3.76. The number of fused-ring (bicyclic) bond motifs is 3. The fourth-order valence-electron chi connectivity index (χ4n) is 1.91. The van der Waals surface area contributed by atoms with Gasteiger partial charge in [0.05, 0.1) is 17.5 Å². The van der Waals surface area contributed by atoms with Crippen LogP contribution < -0.4 is 0 Å². The van der Waals surface area contributed by atoms with Crippen molar-refractivity contribution in [2.75, 3.05) is 0 Å². The number of hydrogen-bond acceptors (Lipinski definition) is 4. The zero-order chi connectivity index (χ0) is 12.0. The Morgan fingerprint density at radius 1 is 1.47 bits per heavy atom. The highest BCUT2D eigenvalue weighted by atomic mass is 32.2. The van der Waals surface area contributed by atoms with E-state index in [1.54, 1.807) is 0 Å². The van der Waals surface area contributed by atoms with Crippen LogP contribution in [0.15, 0.2) is 29.4 Å². The summed E-state index contributed by atoms with van der Waals surface area (Å²) in [7, 11) is 0. The number of hydrogen-bond donors (Lipinski definition) is 1. The van der Waals surface area contributed by atoms with E-state index in [9.17, 15) is 9.59 Å². The molecule has 17 heavy (non-hydrogen) atoms. The molecular formula is C11H8N2O3S. The van der Waals surface area contributed by atoms with Gasteiger partial charge in [-0.3, -0.25) is 14.2 Å². The highest BCUT2D eigenvalue weighted by Gasteiger charge is 2.35. The molecule has 0 saturated carbocycles. The smallest absolute Gasteiger partial charge is 0.305 e. The molecule has 3 rings (SSSR count). The molecule has 1 N–H and O–H groups in total. The molecule has 0 bridgehead atoms. The summed E-state index contributed by atoms with van der Waals surface area (Å²) in [5.41, 5.74) is 1.50. The van der Waals surface area contributed by atoms with E-state index >= 15 is 0 Å². The molecule has 1 aromatic heterocycles. The summed E-state index contributed by atoms with van der Waals surface area (Å²) in [5, 5.41) is 8.76. The Labute approximate surface area is 100 Å². The number of carboxylic acids is 1. The Morgan fingerprint density at radius 3 is 3.00 bits per heavy atom. The molecule has 0 amide bonds. The van der Waals surface area contributed by atoms with Crippen LogP contribution in [0.3, 0.4) is 0 Å². The predicted octanol–water partition coefficient (Wildman–Crippen LogP) is 1.63. The van der Waals surface area contributed by atoms with Crippen molar-refractivity contribution in [1.29, 1.82) is 0 Å². The average molecular weight is 248 g/mol. The lowest BCUT2D eigenvalue weighted by molar-refractivity contribution is -0.136. The Bertz CT molecular complexity index is 635. The van der Waals surface area contributed by atoms with Gasteiger partial charge in [-0.15, -0.1) is 0 Å². The molecule has 5 nitrogen and oxygen atoms in total. The molecule has 0 unspecified atom stereocenters. The Balaban J connectivity index is 2.07. The van der Waals surface area contributed by atoms with Crippen LogP contribution in [-0.4, -0.2) is 31.8 Å². The van der Waals surface area contributed by atoms with Crippen molar-refractivity contribution in [3.05, 3.63) is 24.3 Å². The molecule has 86 valence electrons. The summed E-state index contributed by atoms with van der Waals surface area (Å²) in [4.78, 5) is 27.0. The minimum atomic E-state index is -0.967. The quantitative estimate of drug-likeness (QED) is 0.874. The standard InChI is InChI=1S/C11H8N2O3S/c14-9(15)5-8-10(16)13-7-4-2-1-3-6(7)12-11(13)17-8/h1-4,8H,5H2,(H,14,15)/t8-/m0/s1. The van der Waals surface area contributed by atoms with Crippen molar-refractivity contribution in [2.24, 2.45) is 0 Å². The minimum absolute atomic E-state index is 0.165. The number of carboxylic acid groups (broad SMARTS) is 1. The van der Waals surface area contributed by atoms with Gasteiger partial charge in [0.25, 0.3) is 0 Å². The summed E-state index contributed by atoms with van der Waals surface area (Å²) >= 11 is 1.22. The highest BCUT2D eigenvalue weighted by Crippen LogP contribution is 2.36. The van der Waals surface area contributed by atoms with E-state index in [1.165, 1.54) is 16.3 Å². The molecular weight excluding hydrogens is 240 g/mol. The number of aromatic nitrogens is 2. The molecule has 0 radical (unpaired) electrons. The second kappa shape index (κ2) is 3.59. The van der Waals surface area contributed by atoms with E-state index in [0.717, 1.165) is 11.0 Å². The zero-order valence-electron chi connectivity index (χ0n) is 8.66. The molecule has 2 aromatic rings. The number of aliphatic carboxylic acids is 1. The zero-order valence-corrected chi connectivity index (χ0v) is 9.48. The molecule has 1 aromatic carbocycles. The van der Waals surface area contributed by atoms with Crippen molar-refractivity contribution in [1.82, 2.24) is 9.55 Å². The molecule has 0 saturated heterocycles. The van der Waals surface area contributed by atoms with Crippen molar-refractivity contribution >= 4 is 34.7 Å². The third-order valence-corrected chi connectivity index (χ3v) is 3.77. The average Bonchev–Trinajstić information content (AvgIpc) is 2.76. The number of thioether (sulfide) groups is 1. The van der Waals surface area contributed by atoms with Crippen LogP contribution in [0.4, 0.5) is 0 Å². The van der Waals surface area contributed by atoms with E-state index in [4.69, 9.17) is 5.11 Å². The first-order chi connectivity index (χ1) is 8.16. The maximum atomic E-state index is 12.0. The number of benzene rings is 1. The van der Waals surface area contributed by atoms with Gasteiger partial charge in [0.1, 0.15) is 5.25 Å². The van der Waals surface area contributed by atoms with E-state index in [0.29, 0.717) is 5.16 Å². The summed E-state index contributed by atoms with van der Waals surface area (Å²) in [6, 6.07) is 7.34. The topological polar surface area (TPSA) is 72.2 Å². The van der Waals surface area contributed by atoms with Crippen LogP contribution in [0.25, 0.3) is 11.0 Å². The number of carbonyl (C=O) groups excluding carboxylic acids is 1. The van der Waals surface area contributed by atoms with E-state index in [-0.39, 0.29) is 12.3 Å². The number of imidazole rings is 1. The highest BCUT2D eigenvalue weighted by molar-refractivity contribution is 8.00. The van der Waals surface area contributed by atoms with E-state index in [2.05, 4.69) is 4.98 Å². The summed E-state index contributed by atoms with van der Waals surface area (Å²) in [6.45, 7) is 0. The van der Waals surface area contributed by atoms with Crippen molar-refractivity contribution in [3.63, 3.8) is 0 Å². The van der Waals surface area contributed by atoms with Crippen LogP contribution in [0.2, 0.25) is 0 Å². The molecule has 0 aliphatic carbocycles. The van der Waals surface area contributed by atoms with Crippen LogP contribution in [-0.2, 0) is 4.79 Å². The molecule has 0 spiro atoms. The summed E-state index contributed by atoms with van der Waals surface area (Å²) in [6.07, 6.45) is -0.165. The van der Waals surface area contributed by atoms with Crippen LogP contribution in [0, 0.1) is 0 Å². The maximum absolute atomic E-state index is 12.0. The van der Waals surface area contributed by atoms with Gasteiger partial charge in [0.15, 0.2) is 5.16 Å². The minimum Gasteiger partial charge on any atom is -0.481 e. The number of para-hydroxylation sites is 2. The lowest BCUT2D eigenvalue weighted by atomic mass is 10.2. The fourth-order valence-corrected chi connectivity index (χ4v) is 3.04. The first-order valence-corrected chi connectivity index (χ1v) is 5.95. The first-order valence-electron chi connectivity index (χ1n) is 5.07. The molecule has 1 aliphatic rings. The van der Waals surface area contributed by atoms with Gasteiger partial charge in [-0.25, -0.2) is 4.98 Å². The van der Waals surface area contributed by atoms with Crippen LogP contribution in [0.5, 0.6) is 0 Å². The summed E-state index contributed by atoms with van der Waals surface area (Å²) < 4.78 is 1.51. The van der Waals surface area contributed by atoms with Gasteiger partial charge in [-0.1, -0.05) is 23.9 Å². The normalized spacial score (nSPS) is 18.6. The number of carbonyl (C=O) groups is 2. The predicted molar refractivity (Wildman–Crippen MR) is 62.3 cm³/mol. The molecule has 6 heteroatoms. The van der Waals surface area contributed by atoms with E-state index < -0.39 is 11.2 Å². The van der Waals surface area contributed by atoms with Crippen molar-refractivity contribution in [3.8, 4) is 0 Å². The maximum Gasteiger partial charge on any atom is 0.305 e. The third-order valence-electron chi connectivity index (χ3n) is 2.63. The summed E-state index contributed by atoms with van der Waals surface area (Å²) in [5.74, 6) is -1.16. The van der Waals surface area contributed by atoms with Crippen LogP contribution >= 0.6 is 11.8 Å². The van der Waals surface area contributed by atoms with Gasteiger partial charge in [0, 0.05) is 0 Å². The van der Waals surface area contributed by atoms with Gasteiger partial charge in [0.2, 0.25) is 5.91 Å². The molecule has 2 heterocycles. The van der Waals surface area contributed by atoms with Crippen molar-refractivity contribution in [2.45, 2.75) is 16.8 Å². The Kier molecular flexibility index (Phi) is 2.19. The first kappa shape index (κ1) is 10.3. The van der Waals surface area contributed by atoms with Crippen molar-refractivity contribution < 1.29 is 14.7 Å². The lowest BCUT2D eigenvalue weighted by Crippen LogP contribution is -2.20. The second-order valence-corrected chi connectivity index (χ2v) is 4.93. The van der Waals surface area contributed by atoms with Gasteiger partial charge in [-0.2, -0.15) is 0 Å². The van der Waals surface area contributed by atoms with E-state index in [1.807, 2.05) is 24.3 Å². The Hall–Kier alpha value is -1.82. The van der Waals surface area contributed by atoms with Gasteiger partial charge < -0.3 is 5.11 Å². The monoisotopic (exact) mass is 248 g/mol. The molecule has 1 atom stereocenters. The fraction of sp³-hybridized carbons (Fsp3) is 0.182. The SMILES string of the molecule is O=C(O)C[C@@H]1Sc2nc3ccccc3n2C1=O. The Morgan fingerprint density at radius 2 is 2.24 bits per heavy atom.